The van der Waals surface area contributed by atoms with Gasteiger partial charge in [0.25, 0.3) is 0 Å². The molecule has 1 heterocycles. The standard InChI is InChI=1S/C15H20ClFN2O4/c1-21-15(20)19-6-8-23-14(12-9-18-5-7-22-12)10-3-2-4-11(16)13(10)17/h2-4,12,14,18H,5-9H2,1H3,(H,19,20)/t12?,14-/m0/s1. The lowest BCUT2D eigenvalue weighted by Gasteiger charge is -2.31. The molecule has 6 nitrogen and oxygen atoms in total. The molecule has 1 aliphatic rings. The number of amides is 1. The van der Waals surface area contributed by atoms with Crippen LogP contribution in [0.3, 0.4) is 0 Å². The number of nitrogens with one attached hydrogen (secondary N) is 2. The lowest BCUT2D eigenvalue weighted by atomic mass is 10.0. The Bertz CT molecular complexity index is 526. The van der Waals surface area contributed by atoms with Gasteiger partial charge in [-0.05, 0) is 6.07 Å². The molecule has 0 aromatic heterocycles. The summed E-state index contributed by atoms with van der Waals surface area (Å²) in [5, 5.41) is 5.73. The average Bonchev–Trinajstić information content (AvgIpc) is 2.58. The first-order valence-corrected chi connectivity index (χ1v) is 7.71. The summed E-state index contributed by atoms with van der Waals surface area (Å²) >= 11 is 5.86. The Morgan fingerprint density at radius 2 is 2.43 bits per heavy atom. The number of halogens is 2. The number of carbonyl (C=O) groups is 1. The molecule has 0 bridgehead atoms. The van der Waals surface area contributed by atoms with Crippen LogP contribution in [0.5, 0.6) is 0 Å². The summed E-state index contributed by atoms with van der Waals surface area (Å²) in [6, 6.07) is 4.77. The number of carbonyl (C=O) groups excluding carboxylic acids is 1. The van der Waals surface area contributed by atoms with Gasteiger partial charge >= 0.3 is 6.09 Å². The van der Waals surface area contributed by atoms with Crippen LogP contribution in [-0.2, 0) is 14.2 Å². The zero-order chi connectivity index (χ0) is 16.7. The molecule has 23 heavy (non-hydrogen) atoms. The number of rotatable bonds is 6. The highest BCUT2D eigenvalue weighted by Crippen LogP contribution is 2.29. The number of benzene rings is 1. The molecule has 0 radical (unpaired) electrons. The molecular formula is C15H20ClFN2O4. The second-order valence-electron chi connectivity index (χ2n) is 4.97. The van der Waals surface area contributed by atoms with Crippen molar-refractivity contribution in [1.82, 2.24) is 10.6 Å². The fourth-order valence-corrected chi connectivity index (χ4v) is 2.51. The van der Waals surface area contributed by atoms with Crippen molar-refractivity contribution in [2.24, 2.45) is 0 Å². The molecule has 0 aliphatic carbocycles. The van der Waals surface area contributed by atoms with Gasteiger partial charge < -0.3 is 24.8 Å². The van der Waals surface area contributed by atoms with E-state index in [9.17, 15) is 9.18 Å². The molecule has 128 valence electrons. The van der Waals surface area contributed by atoms with Gasteiger partial charge in [-0.15, -0.1) is 0 Å². The first-order valence-electron chi connectivity index (χ1n) is 7.33. The van der Waals surface area contributed by atoms with Crippen LogP contribution in [0.1, 0.15) is 11.7 Å². The highest BCUT2D eigenvalue weighted by Gasteiger charge is 2.29. The molecule has 1 aromatic rings. The quantitative estimate of drug-likeness (QED) is 0.770. The third-order valence-electron chi connectivity index (χ3n) is 3.44. The predicted octanol–water partition coefficient (Wildman–Crippen LogP) is 1.88. The molecule has 1 saturated heterocycles. The number of morpholine rings is 1. The third kappa shape index (κ3) is 5.04. The first-order chi connectivity index (χ1) is 11.1. The number of methoxy groups -OCH3 is 1. The number of hydrogen-bond acceptors (Lipinski definition) is 5. The van der Waals surface area contributed by atoms with E-state index in [2.05, 4.69) is 15.4 Å². The minimum Gasteiger partial charge on any atom is -0.453 e. The summed E-state index contributed by atoms with van der Waals surface area (Å²) in [5.41, 5.74) is 0.337. The van der Waals surface area contributed by atoms with Crippen LogP contribution in [0.25, 0.3) is 0 Å². The van der Waals surface area contributed by atoms with E-state index in [1.807, 2.05) is 0 Å². The predicted molar refractivity (Wildman–Crippen MR) is 83.1 cm³/mol. The smallest absolute Gasteiger partial charge is 0.406 e. The molecule has 2 rings (SSSR count). The van der Waals surface area contributed by atoms with Crippen molar-refractivity contribution in [3.63, 3.8) is 0 Å². The van der Waals surface area contributed by atoms with Gasteiger partial charge in [0.15, 0.2) is 0 Å². The highest BCUT2D eigenvalue weighted by atomic mass is 35.5. The van der Waals surface area contributed by atoms with Crippen LogP contribution in [0.15, 0.2) is 18.2 Å². The molecule has 1 unspecified atom stereocenters. The maximum Gasteiger partial charge on any atom is 0.406 e. The summed E-state index contributed by atoms with van der Waals surface area (Å²) in [5.74, 6) is -0.519. The van der Waals surface area contributed by atoms with Crippen LogP contribution in [0, 0.1) is 5.82 Å². The average molecular weight is 347 g/mol. The Morgan fingerprint density at radius 1 is 1.61 bits per heavy atom. The summed E-state index contributed by atoms with van der Waals surface area (Å²) in [4.78, 5) is 11.0. The van der Waals surface area contributed by atoms with Crippen LogP contribution in [0.4, 0.5) is 9.18 Å². The van der Waals surface area contributed by atoms with E-state index in [1.54, 1.807) is 12.1 Å². The summed E-state index contributed by atoms with van der Waals surface area (Å²) in [7, 11) is 1.28. The molecule has 1 aromatic carbocycles. The van der Waals surface area contributed by atoms with Gasteiger partial charge in [0.1, 0.15) is 18.0 Å². The van der Waals surface area contributed by atoms with Crippen molar-refractivity contribution in [2.75, 3.05) is 40.0 Å². The molecule has 0 saturated carbocycles. The van der Waals surface area contributed by atoms with Gasteiger partial charge in [0.2, 0.25) is 0 Å². The van der Waals surface area contributed by atoms with E-state index in [-0.39, 0.29) is 24.3 Å². The lowest BCUT2D eigenvalue weighted by molar-refractivity contribution is -0.0864. The molecule has 2 N–H and O–H groups in total. The Hall–Kier alpha value is -1.41. The molecule has 1 amide bonds. The van der Waals surface area contributed by atoms with Gasteiger partial charge in [-0.25, -0.2) is 9.18 Å². The van der Waals surface area contributed by atoms with E-state index in [0.29, 0.717) is 18.7 Å². The molecular weight excluding hydrogens is 327 g/mol. The lowest BCUT2D eigenvalue weighted by Crippen LogP contribution is -2.43. The SMILES string of the molecule is COC(=O)NCCO[C@@H](c1cccc(Cl)c1F)C1CNCCO1. The molecule has 1 fully saturated rings. The van der Waals surface area contributed by atoms with Gasteiger partial charge in [-0.2, -0.15) is 0 Å². The van der Waals surface area contributed by atoms with Crippen LogP contribution >= 0.6 is 11.6 Å². The Morgan fingerprint density at radius 3 is 3.13 bits per heavy atom. The van der Waals surface area contributed by atoms with Crippen LogP contribution in [0.2, 0.25) is 5.02 Å². The first kappa shape index (κ1) is 17.9. The van der Waals surface area contributed by atoms with Crippen LogP contribution < -0.4 is 10.6 Å². The van der Waals surface area contributed by atoms with Crippen LogP contribution in [-0.4, -0.2) is 52.2 Å². The van der Waals surface area contributed by atoms with Crippen molar-refractivity contribution < 1.29 is 23.4 Å². The van der Waals surface area contributed by atoms with Gasteiger partial charge in [0, 0.05) is 25.2 Å². The third-order valence-corrected chi connectivity index (χ3v) is 3.73. The Kier molecular flexibility index (Phi) is 7.04. The van der Waals surface area contributed by atoms with Gasteiger partial charge in [-0.3, -0.25) is 0 Å². The largest absolute Gasteiger partial charge is 0.453 e. The van der Waals surface area contributed by atoms with Crippen molar-refractivity contribution >= 4 is 17.7 Å². The van der Waals surface area contributed by atoms with Crippen molar-refractivity contribution in [1.29, 1.82) is 0 Å². The maximum absolute atomic E-state index is 14.3. The zero-order valence-electron chi connectivity index (χ0n) is 12.8. The number of hydrogen-bond donors (Lipinski definition) is 2. The second-order valence-corrected chi connectivity index (χ2v) is 5.37. The van der Waals surface area contributed by atoms with E-state index in [0.717, 1.165) is 6.54 Å². The molecule has 0 spiro atoms. The number of ether oxygens (including phenoxy) is 3. The van der Waals surface area contributed by atoms with Crippen molar-refractivity contribution in [3.8, 4) is 0 Å². The van der Waals surface area contributed by atoms with E-state index in [1.165, 1.54) is 13.2 Å². The highest BCUT2D eigenvalue weighted by molar-refractivity contribution is 6.30. The summed E-state index contributed by atoms with van der Waals surface area (Å²) in [6.45, 7) is 2.23. The fraction of sp³-hybridized carbons (Fsp3) is 0.533. The van der Waals surface area contributed by atoms with E-state index >= 15 is 0 Å². The molecule has 2 atom stereocenters. The van der Waals surface area contributed by atoms with Crippen molar-refractivity contribution in [2.45, 2.75) is 12.2 Å². The monoisotopic (exact) mass is 346 g/mol. The molecule has 1 aliphatic heterocycles. The normalized spacial score (nSPS) is 19.2. The summed E-state index contributed by atoms with van der Waals surface area (Å²) < 4.78 is 30.2. The molecule has 8 heteroatoms. The topological polar surface area (TPSA) is 68.8 Å². The summed E-state index contributed by atoms with van der Waals surface area (Å²) in [6.07, 6.45) is -1.51. The number of alkyl carbamates (subject to hydrolysis) is 1. The van der Waals surface area contributed by atoms with Gasteiger partial charge in [-0.1, -0.05) is 23.7 Å². The minimum absolute atomic E-state index is 0.0348. The Balaban J connectivity index is 2.05. The zero-order valence-corrected chi connectivity index (χ0v) is 13.6. The van der Waals surface area contributed by atoms with E-state index < -0.39 is 18.0 Å². The second kappa shape index (κ2) is 9.02. The van der Waals surface area contributed by atoms with E-state index in [4.69, 9.17) is 21.1 Å². The van der Waals surface area contributed by atoms with Gasteiger partial charge in [0.05, 0.1) is 25.3 Å². The maximum atomic E-state index is 14.3. The Labute approximate surface area is 139 Å². The fourth-order valence-electron chi connectivity index (χ4n) is 2.33. The van der Waals surface area contributed by atoms with Crippen molar-refractivity contribution in [3.05, 3.63) is 34.6 Å². The minimum atomic E-state index is -0.624.